The zero-order valence-corrected chi connectivity index (χ0v) is 7.94. The predicted octanol–water partition coefficient (Wildman–Crippen LogP) is 1.29. The van der Waals surface area contributed by atoms with Crippen LogP contribution in [0.1, 0.15) is 11.3 Å². The average molecular weight is 199 g/mol. The molecule has 0 fully saturated rings. The Hall–Kier alpha value is -2.35. The maximum absolute atomic E-state index is 8.66. The third-order valence-corrected chi connectivity index (χ3v) is 1.89. The molecule has 2 heterocycles. The molecule has 2 aromatic rings. The summed E-state index contributed by atoms with van der Waals surface area (Å²) < 4.78 is 0. The minimum Gasteiger partial charge on any atom is -0.366 e. The first-order chi connectivity index (χ1) is 7.38. The number of nitrogens with one attached hydrogen (secondary N) is 2. The van der Waals surface area contributed by atoms with Crippen molar-refractivity contribution in [1.29, 1.82) is 5.26 Å². The standard InChI is InChI=1S/C10H9N5/c11-4-9-2-1-3-10(15-9)12-5-8-6-13-14-7-8/h1-3,6-7H,5H2,(H,12,15)(H,13,14). The highest BCUT2D eigenvalue weighted by Crippen LogP contribution is 2.05. The third kappa shape index (κ3) is 2.31. The van der Waals surface area contributed by atoms with Crippen molar-refractivity contribution in [3.05, 3.63) is 41.9 Å². The Morgan fingerprint density at radius 2 is 2.40 bits per heavy atom. The van der Waals surface area contributed by atoms with Crippen molar-refractivity contribution in [3.8, 4) is 6.07 Å². The summed E-state index contributed by atoms with van der Waals surface area (Å²) in [5.41, 5.74) is 1.45. The molecule has 0 saturated heterocycles. The highest BCUT2D eigenvalue weighted by molar-refractivity contribution is 5.38. The van der Waals surface area contributed by atoms with Crippen molar-refractivity contribution in [2.45, 2.75) is 6.54 Å². The van der Waals surface area contributed by atoms with Gasteiger partial charge < -0.3 is 5.32 Å². The lowest BCUT2D eigenvalue weighted by Crippen LogP contribution is -2.00. The molecule has 2 rings (SSSR count). The fraction of sp³-hybridized carbons (Fsp3) is 0.100. The summed E-state index contributed by atoms with van der Waals surface area (Å²) in [6.07, 6.45) is 3.54. The number of nitrogens with zero attached hydrogens (tertiary/aromatic N) is 3. The van der Waals surface area contributed by atoms with Gasteiger partial charge in [-0.05, 0) is 12.1 Å². The van der Waals surface area contributed by atoms with Gasteiger partial charge in [0.2, 0.25) is 0 Å². The Balaban J connectivity index is 2.02. The lowest BCUT2D eigenvalue weighted by molar-refractivity contribution is 1.09. The third-order valence-electron chi connectivity index (χ3n) is 1.89. The molecule has 0 aliphatic carbocycles. The molecule has 0 amide bonds. The summed E-state index contributed by atoms with van der Waals surface area (Å²) in [4.78, 5) is 4.09. The molecular weight excluding hydrogens is 190 g/mol. The molecule has 0 aromatic carbocycles. The van der Waals surface area contributed by atoms with Gasteiger partial charge in [-0.1, -0.05) is 6.07 Å². The molecular formula is C10H9N5. The molecule has 0 bridgehead atoms. The maximum atomic E-state index is 8.66. The van der Waals surface area contributed by atoms with Gasteiger partial charge in [-0.15, -0.1) is 0 Å². The number of hydrogen-bond acceptors (Lipinski definition) is 4. The summed E-state index contributed by atoms with van der Waals surface area (Å²) in [7, 11) is 0. The summed E-state index contributed by atoms with van der Waals surface area (Å²) >= 11 is 0. The molecule has 0 aliphatic heterocycles. The van der Waals surface area contributed by atoms with Crippen LogP contribution in [-0.4, -0.2) is 15.2 Å². The Morgan fingerprint density at radius 1 is 1.47 bits per heavy atom. The summed E-state index contributed by atoms with van der Waals surface area (Å²) in [5.74, 6) is 0.690. The van der Waals surface area contributed by atoms with E-state index in [0.29, 0.717) is 18.1 Å². The largest absolute Gasteiger partial charge is 0.366 e. The van der Waals surface area contributed by atoms with E-state index in [1.165, 1.54) is 0 Å². The van der Waals surface area contributed by atoms with Crippen LogP contribution >= 0.6 is 0 Å². The number of H-pyrrole nitrogens is 1. The zero-order chi connectivity index (χ0) is 10.5. The number of nitriles is 1. The van der Waals surface area contributed by atoms with Crippen molar-refractivity contribution in [1.82, 2.24) is 15.2 Å². The van der Waals surface area contributed by atoms with Crippen LogP contribution in [0, 0.1) is 11.3 Å². The van der Waals surface area contributed by atoms with Crippen molar-refractivity contribution >= 4 is 5.82 Å². The van der Waals surface area contributed by atoms with Crippen LogP contribution in [0.4, 0.5) is 5.82 Å². The Labute approximate surface area is 86.8 Å². The molecule has 74 valence electrons. The van der Waals surface area contributed by atoms with E-state index in [1.807, 2.05) is 12.1 Å². The zero-order valence-electron chi connectivity index (χ0n) is 7.94. The van der Waals surface area contributed by atoms with Crippen molar-refractivity contribution in [3.63, 3.8) is 0 Å². The second-order valence-electron chi connectivity index (χ2n) is 2.98. The number of hydrogen-bond donors (Lipinski definition) is 2. The average Bonchev–Trinajstić information content (AvgIpc) is 2.79. The number of anilines is 1. The minimum absolute atomic E-state index is 0.409. The second kappa shape index (κ2) is 4.24. The predicted molar refractivity (Wildman–Crippen MR) is 54.9 cm³/mol. The van der Waals surface area contributed by atoms with E-state index in [1.54, 1.807) is 24.5 Å². The Bertz CT molecular complexity index is 469. The summed E-state index contributed by atoms with van der Waals surface area (Å²) in [6.45, 7) is 0.637. The first kappa shape index (κ1) is 9.21. The van der Waals surface area contributed by atoms with Crippen molar-refractivity contribution < 1.29 is 0 Å². The molecule has 0 atom stereocenters. The van der Waals surface area contributed by atoms with Gasteiger partial charge in [0.15, 0.2) is 0 Å². The first-order valence-corrected chi connectivity index (χ1v) is 4.47. The molecule has 5 heteroatoms. The molecule has 15 heavy (non-hydrogen) atoms. The van der Waals surface area contributed by atoms with Gasteiger partial charge in [0, 0.05) is 18.3 Å². The smallest absolute Gasteiger partial charge is 0.142 e. The number of aromatic nitrogens is 3. The van der Waals surface area contributed by atoms with Gasteiger partial charge in [0.25, 0.3) is 0 Å². The molecule has 0 unspecified atom stereocenters. The second-order valence-corrected chi connectivity index (χ2v) is 2.98. The van der Waals surface area contributed by atoms with Gasteiger partial charge in [0.1, 0.15) is 17.6 Å². The van der Waals surface area contributed by atoms with Crippen LogP contribution in [0.2, 0.25) is 0 Å². The van der Waals surface area contributed by atoms with Gasteiger partial charge in [-0.2, -0.15) is 10.4 Å². The molecule has 0 saturated carbocycles. The van der Waals surface area contributed by atoms with E-state index in [9.17, 15) is 0 Å². The molecule has 0 aliphatic rings. The lowest BCUT2D eigenvalue weighted by atomic mass is 10.3. The van der Waals surface area contributed by atoms with Crippen LogP contribution in [0.5, 0.6) is 0 Å². The van der Waals surface area contributed by atoms with Crippen LogP contribution < -0.4 is 5.32 Å². The van der Waals surface area contributed by atoms with Gasteiger partial charge in [-0.25, -0.2) is 4.98 Å². The Morgan fingerprint density at radius 3 is 3.13 bits per heavy atom. The normalized spacial score (nSPS) is 9.53. The lowest BCUT2D eigenvalue weighted by Gasteiger charge is -2.02. The highest BCUT2D eigenvalue weighted by Gasteiger charge is 1.97. The van der Waals surface area contributed by atoms with Crippen LogP contribution in [-0.2, 0) is 6.54 Å². The summed E-state index contributed by atoms with van der Waals surface area (Å²) in [6, 6.07) is 7.28. The molecule has 2 aromatic heterocycles. The van der Waals surface area contributed by atoms with Crippen LogP contribution in [0.3, 0.4) is 0 Å². The van der Waals surface area contributed by atoms with E-state index in [-0.39, 0.29) is 0 Å². The highest BCUT2D eigenvalue weighted by atomic mass is 15.1. The van der Waals surface area contributed by atoms with Gasteiger partial charge in [0.05, 0.1) is 6.20 Å². The van der Waals surface area contributed by atoms with Crippen LogP contribution in [0.15, 0.2) is 30.6 Å². The number of rotatable bonds is 3. The van der Waals surface area contributed by atoms with Gasteiger partial charge >= 0.3 is 0 Å². The van der Waals surface area contributed by atoms with E-state index in [4.69, 9.17) is 5.26 Å². The molecule has 5 nitrogen and oxygen atoms in total. The van der Waals surface area contributed by atoms with Crippen LogP contribution in [0.25, 0.3) is 0 Å². The van der Waals surface area contributed by atoms with E-state index < -0.39 is 0 Å². The maximum Gasteiger partial charge on any atom is 0.142 e. The minimum atomic E-state index is 0.409. The molecule has 0 spiro atoms. The SMILES string of the molecule is N#Cc1cccc(NCc2cn[nH]c2)n1. The van der Waals surface area contributed by atoms with Gasteiger partial charge in [-0.3, -0.25) is 5.10 Å². The van der Waals surface area contributed by atoms with E-state index in [2.05, 4.69) is 20.5 Å². The Kier molecular flexibility index (Phi) is 2.61. The summed E-state index contributed by atoms with van der Waals surface area (Å²) in [5, 5.41) is 18.3. The monoisotopic (exact) mass is 199 g/mol. The van der Waals surface area contributed by atoms with E-state index >= 15 is 0 Å². The van der Waals surface area contributed by atoms with Crippen molar-refractivity contribution in [2.24, 2.45) is 0 Å². The van der Waals surface area contributed by atoms with E-state index in [0.717, 1.165) is 5.56 Å². The topological polar surface area (TPSA) is 77.4 Å². The molecule has 0 radical (unpaired) electrons. The quantitative estimate of drug-likeness (QED) is 0.780. The number of aromatic amines is 1. The first-order valence-electron chi connectivity index (χ1n) is 4.47. The fourth-order valence-corrected chi connectivity index (χ4v) is 1.16. The number of pyridine rings is 1. The van der Waals surface area contributed by atoms with Crippen molar-refractivity contribution in [2.75, 3.05) is 5.32 Å². The fourth-order valence-electron chi connectivity index (χ4n) is 1.16. The molecule has 2 N–H and O–H groups in total.